The van der Waals surface area contributed by atoms with E-state index in [4.69, 9.17) is 0 Å². The van der Waals surface area contributed by atoms with E-state index in [-0.39, 0.29) is 5.78 Å². The number of aryl methyl sites for hydroxylation is 2. The summed E-state index contributed by atoms with van der Waals surface area (Å²) in [6.07, 6.45) is 0.420. The third-order valence-electron chi connectivity index (χ3n) is 2.78. The van der Waals surface area contributed by atoms with E-state index in [2.05, 4.69) is 4.98 Å². The fraction of sp³-hybridized carbons (Fsp3) is 0.200. The molecule has 0 saturated carbocycles. The van der Waals surface area contributed by atoms with Gasteiger partial charge in [-0.25, -0.2) is 0 Å². The van der Waals surface area contributed by atoms with Crippen LogP contribution in [0.1, 0.15) is 27.3 Å². The molecule has 0 N–H and O–H groups in total. The van der Waals surface area contributed by atoms with Gasteiger partial charge in [0.05, 0.1) is 0 Å². The minimum Gasteiger partial charge on any atom is -0.294 e. The van der Waals surface area contributed by atoms with Gasteiger partial charge in [-0.05, 0) is 25.5 Å². The molecule has 1 aromatic carbocycles. The fourth-order valence-electron chi connectivity index (χ4n) is 1.80. The topological polar surface area (TPSA) is 30.0 Å². The molecule has 0 spiro atoms. The van der Waals surface area contributed by atoms with E-state index in [0.29, 0.717) is 6.42 Å². The number of rotatable bonds is 3. The van der Waals surface area contributed by atoms with Crippen LogP contribution in [0.25, 0.3) is 0 Å². The van der Waals surface area contributed by atoms with Gasteiger partial charge in [0.25, 0.3) is 0 Å². The van der Waals surface area contributed by atoms with Gasteiger partial charge >= 0.3 is 0 Å². The second-order valence-electron chi connectivity index (χ2n) is 4.16. The lowest BCUT2D eigenvalue weighted by atomic mass is 10.0. The summed E-state index contributed by atoms with van der Waals surface area (Å²) in [6, 6.07) is 13.3. The Kier molecular flexibility index (Phi) is 3.33. The van der Waals surface area contributed by atoms with Crippen LogP contribution in [0.15, 0.2) is 42.5 Å². The normalized spacial score (nSPS) is 10.2. The molecule has 0 fully saturated rings. The number of pyridine rings is 1. The molecule has 2 aromatic rings. The minimum absolute atomic E-state index is 0.138. The van der Waals surface area contributed by atoms with Crippen LogP contribution in [0.4, 0.5) is 0 Å². The Morgan fingerprint density at radius 3 is 2.41 bits per heavy atom. The molecule has 0 amide bonds. The summed E-state index contributed by atoms with van der Waals surface area (Å²) >= 11 is 0. The molecule has 0 unspecified atom stereocenters. The van der Waals surface area contributed by atoms with Gasteiger partial charge in [-0.3, -0.25) is 9.78 Å². The summed E-state index contributed by atoms with van der Waals surface area (Å²) in [7, 11) is 0. The van der Waals surface area contributed by atoms with Gasteiger partial charge in [0.2, 0.25) is 0 Å². The van der Waals surface area contributed by atoms with Crippen LogP contribution in [-0.4, -0.2) is 10.8 Å². The van der Waals surface area contributed by atoms with Crippen LogP contribution in [0, 0.1) is 13.8 Å². The maximum absolute atomic E-state index is 12.0. The zero-order chi connectivity index (χ0) is 12.3. The van der Waals surface area contributed by atoms with E-state index >= 15 is 0 Å². The zero-order valence-electron chi connectivity index (χ0n) is 10.1. The van der Waals surface area contributed by atoms with Crippen molar-refractivity contribution < 1.29 is 4.79 Å². The van der Waals surface area contributed by atoms with E-state index in [1.54, 1.807) is 0 Å². The van der Waals surface area contributed by atoms with Crippen LogP contribution >= 0.6 is 0 Å². The van der Waals surface area contributed by atoms with Crippen molar-refractivity contribution in [3.8, 4) is 0 Å². The van der Waals surface area contributed by atoms with Crippen molar-refractivity contribution in [1.82, 2.24) is 4.98 Å². The first-order valence-corrected chi connectivity index (χ1v) is 5.68. The highest BCUT2D eigenvalue weighted by atomic mass is 16.1. The first-order valence-electron chi connectivity index (χ1n) is 5.68. The molecule has 2 heteroatoms. The second kappa shape index (κ2) is 4.91. The van der Waals surface area contributed by atoms with Gasteiger partial charge in [0.1, 0.15) is 0 Å². The Labute approximate surface area is 101 Å². The van der Waals surface area contributed by atoms with Crippen molar-refractivity contribution in [2.45, 2.75) is 20.3 Å². The Morgan fingerprint density at radius 1 is 1.06 bits per heavy atom. The predicted molar refractivity (Wildman–Crippen MR) is 68.2 cm³/mol. The molecule has 0 atom stereocenters. The number of carbonyl (C=O) groups is 1. The van der Waals surface area contributed by atoms with E-state index < -0.39 is 0 Å². The lowest BCUT2D eigenvalue weighted by Gasteiger charge is -2.05. The molecule has 1 aromatic heterocycles. The Bertz CT molecular complexity index is 532. The first kappa shape index (κ1) is 11.5. The monoisotopic (exact) mass is 225 g/mol. The van der Waals surface area contributed by atoms with Crippen LogP contribution in [0.3, 0.4) is 0 Å². The summed E-state index contributed by atoms with van der Waals surface area (Å²) in [5.74, 6) is 0.138. The summed E-state index contributed by atoms with van der Waals surface area (Å²) in [4.78, 5) is 16.4. The molecule has 0 bridgehead atoms. The van der Waals surface area contributed by atoms with Gasteiger partial charge in [-0.2, -0.15) is 0 Å². The summed E-state index contributed by atoms with van der Waals surface area (Å²) < 4.78 is 0. The zero-order valence-corrected chi connectivity index (χ0v) is 10.1. The van der Waals surface area contributed by atoms with Crippen molar-refractivity contribution in [1.29, 1.82) is 0 Å². The van der Waals surface area contributed by atoms with E-state index in [9.17, 15) is 4.79 Å². The molecule has 0 aliphatic rings. The van der Waals surface area contributed by atoms with Gasteiger partial charge in [0.15, 0.2) is 5.78 Å². The van der Waals surface area contributed by atoms with E-state index in [0.717, 1.165) is 22.5 Å². The number of ketones is 1. The molecule has 0 aliphatic heterocycles. The number of hydrogen-bond acceptors (Lipinski definition) is 2. The van der Waals surface area contributed by atoms with Gasteiger partial charge in [0, 0.05) is 23.4 Å². The number of Topliss-reactive ketones (excluding diaryl/α,β-unsaturated/α-hetero) is 1. The fourth-order valence-corrected chi connectivity index (χ4v) is 1.80. The molecule has 0 aliphatic carbocycles. The maximum Gasteiger partial charge on any atom is 0.167 e. The smallest absolute Gasteiger partial charge is 0.167 e. The van der Waals surface area contributed by atoms with Crippen molar-refractivity contribution in [2.75, 3.05) is 0 Å². The molecule has 0 radical (unpaired) electrons. The van der Waals surface area contributed by atoms with Crippen LogP contribution < -0.4 is 0 Å². The van der Waals surface area contributed by atoms with Gasteiger partial charge < -0.3 is 0 Å². The lowest BCUT2D eigenvalue weighted by molar-refractivity contribution is 0.0992. The predicted octanol–water partition coefficient (Wildman–Crippen LogP) is 3.12. The number of benzene rings is 1. The Balaban J connectivity index is 2.19. The van der Waals surface area contributed by atoms with Crippen molar-refractivity contribution >= 4 is 5.78 Å². The quantitative estimate of drug-likeness (QED) is 0.751. The Morgan fingerprint density at radius 2 is 1.76 bits per heavy atom. The van der Waals surface area contributed by atoms with Crippen molar-refractivity contribution in [2.24, 2.45) is 0 Å². The number of carbonyl (C=O) groups excluding carboxylic acids is 1. The molecular formula is C15H15NO. The highest BCUT2D eigenvalue weighted by Crippen LogP contribution is 2.11. The minimum atomic E-state index is 0.138. The summed E-state index contributed by atoms with van der Waals surface area (Å²) in [6.45, 7) is 3.90. The molecule has 17 heavy (non-hydrogen) atoms. The largest absolute Gasteiger partial charge is 0.294 e. The first-order chi connectivity index (χ1) is 8.16. The summed E-state index contributed by atoms with van der Waals surface area (Å²) in [5, 5.41) is 0. The highest BCUT2D eigenvalue weighted by Gasteiger charge is 2.08. The van der Waals surface area contributed by atoms with Crippen LogP contribution in [0.5, 0.6) is 0 Å². The van der Waals surface area contributed by atoms with E-state index in [1.807, 2.05) is 56.3 Å². The molecule has 1 heterocycles. The number of aromatic nitrogens is 1. The van der Waals surface area contributed by atoms with Crippen LogP contribution in [-0.2, 0) is 6.42 Å². The molecule has 0 saturated heterocycles. The third kappa shape index (κ3) is 2.78. The van der Waals surface area contributed by atoms with Gasteiger partial charge in [-0.15, -0.1) is 0 Å². The molecule has 2 rings (SSSR count). The molecule has 86 valence electrons. The highest BCUT2D eigenvalue weighted by molar-refractivity contribution is 5.97. The lowest BCUT2D eigenvalue weighted by Crippen LogP contribution is -2.05. The number of nitrogens with zero attached hydrogens (tertiary/aromatic N) is 1. The third-order valence-corrected chi connectivity index (χ3v) is 2.78. The maximum atomic E-state index is 12.0. The molecule has 2 nitrogen and oxygen atoms in total. The standard InChI is InChI=1S/C15H15NO/c1-11-8-9-14(12(2)16-11)10-15(17)13-6-4-3-5-7-13/h3-9H,10H2,1-2H3. The van der Waals surface area contributed by atoms with Crippen molar-refractivity contribution in [3.63, 3.8) is 0 Å². The van der Waals surface area contributed by atoms with E-state index in [1.165, 1.54) is 0 Å². The summed E-state index contributed by atoms with van der Waals surface area (Å²) in [5.41, 5.74) is 3.68. The van der Waals surface area contributed by atoms with Crippen LogP contribution in [0.2, 0.25) is 0 Å². The van der Waals surface area contributed by atoms with Gasteiger partial charge in [-0.1, -0.05) is 36.4 Å². The average molecular weight is 225 g/mol. The number of hydrogen-bond donors (Lipinski definition) is 0. The molecular weight excluding hydrogens is 210 g/mol. The Hall–Kier alpha value is -1.96. The second-order valence-corrected chi connectivity index (χ2v) is 4.16. The van der Waals surface area contributed by atoms with Crippen molar-refractivity contribution in [3.05, 3.63) is 65.0 Å². The SMILES string of the molecule is Cc1ccc(CC(=O)c2ccccc2)c(C)n1. The average Bonchev–Trinajstić information content (AvgIpc) is 2.34.